The van der Waals surface area contributed by atoms with Gasteiger partial charge in [0.1, 0.15) is 24.2 Å². The second-order valence-corrected chi connectivity index (χ2v) is 7.97. The number of rotatable bonds is 5. The van der Waals surface area contributed by atoms with Gasteiger partial charge in [0.05, 0.1) is 0 Å². The first-order valence-corrected chi connectivity index (χ1v) is 10.8. The molecule has 4 aromatic rings. The van der Waals surface area contributed by atoms with Crippen molar-refractivity contribution < 1.29 is 13.9 Å². The van der Waals surface area contributed by atoms with Gasteiger partial charge in [-0.1, -0.05) is 18.2 Å². The Kier molecular flexibility index (Phi) is 5.80. The summed E-state index contributed by atoms with van der Waals surface area (Å²) in [5, 5.41) is 7.65. The lowest BCUT2D eigenvalue weighted by molar-refractivity contribution is 0.0706. The average Bonchev–Trinajstić information content (AvgIpc) is 3.39. The number of carbonyl (C=O) groups excluding carboxylic acids is 1. The predicted octanol–water partition coefficient (Wildman–Crippen LogP) is 4.61. The number of hydrogen-bond donors (Lipinski definition) is 0. The van der Waals surface area contributed by atoms with Crippen molar-refractivity contribution >= 4 is 5.91 Å². The lowest BCUT2D eigenvalue weighted by atomic mass is 9.93. The van der Waals surface area contributed by atoms with Crippen LogP contribution in [0.4, 0.5) is 4.39 Å². The zero-order chi connectivity index (χ0) is 22.6. The van der Waals surface area contributed by atoms with Crippen molar-refractivity contribution in [1.82, 2.24) is 24.6 Å². The molecular formula is C25H22FN5O2. The van der Waals surface area contributed by atoms with Crippen LogP contribution in [-0.2, 0) is 0 Å². The second-order valence-electron chi connectivity index (χ2n) is 7.97. The minimum absolute atomic E-state index is 0.0122. The van der Waals surface area contributed by atoms with Crippen LogP contribution < -0.4 is 4.74 Å². The van der Waals surface area contributed by atoms with Crippen LogP contribution in [0.5, 0.6) is 11.6 Å². The van der Waals surface area contributed by atoms with E-state index in [1.807, 2.05) is 41.3 Å². The van der Waals surface area contributed by atoms with Crippen molar-refractivity contribution in [1.29, 1.82) is 0 Å². The van der Waals surface area contributed by atoms with Gasteiger partial charge >= 0.3 is 0 Å². The Bertz CT molecular complexity index is 1260. The van der Waals surface area contributed by atoms with E-state index in [1.54, 1.807) is 35.4 Å². The molecule has 1 unspecified atom stereocenters. The van der Waals surface area contributed by atoms with Gasteiger partial charge in [-0.15, -0.1) is 10.2 Å². The van der Waals surface area contributed by atoms with E-state index in [0.29, 0.717) is 30.3 Å². The molecule has 1 saturated heterocycles. The summed E-state index contributed by atoms with van der Waals surface area (Å²) in [5.41, 5.74) is 2.32. The van der Waals surface area contributed by atoms with E-state index >= 15 is 0 Å². The first-order valence-electron chi connectivity index (χ1n) is 10.8. The quantitative estimate of drug-likeness (QED) is 0.450. The number of likely N-dealkylation sites (tertiary alicyclic amines) is 1. The maximum Gasteiger partial charge on any atom is 0.253 e. The molecule has 0 aliphatic carbocycles. The highest BCUT2D eigenvalue weighted by atomic mass is 19.1. The van der Waals surface area contributed by atoms with E-state index in [1.165, 1.54) is 12.1 Å². The maximum atomic E-state index is 13.5. The summed E-state index contributed by atoms with van der Waals surface area (Å²) < 4.78 is 21.0. The molecule has 1 atom stereocenters. The fraction of sp³-hybridized carbons (Fsp3) is 0.200. The van der Waals surface area contributed by atoms with Gasteiger partial charge in [0.25, 0.3) is 5.91 Å². The molecule has 0 bridgehead atoms. The number of carbonyl (C=O) groups is 1. The molecule has 2 aromatic heterocycles. The third-order valence-electron chi connectivity index (χ3n) is 5.70. The summed E-state index contributed by atoms with van der Waals surface area (Å²) in [5.74, 6) is 0.524. The highest BCUT2D eigenvalue weighted by Gasteiger charge is 2.26. The SMILES string of the molecule is O=C(c1cccc(-n2cnnc2)c1)N1CCCC(c2cccc(Oc3cccc(F)c3)n2)C1. The van der Waals surface area contributed by atoms with Gasteiger partial charge in [-0.3, -0.25) is 9.36 Å². The molecule has 1 aliphatic heterocycles. The van der Waals surface area contributed by atoms with Gasteiger partial charge in [-0.2, -0.15) is 0 Å². The number of ether oxygens (including phenoxy) is 1. The molecule has 2 aromatic carbocycles. The molecular weight excluding hydrogens is 421 g/mol. The second kappa shape index (κ2) is 9.20. The Hall–Kier alpha value is -4.07. The summed E-state index contributed by atoms with van der Waals surface area (Å²) in [6.45, 7) is 1.28. The third-order valence-corrected chi connectivity index (χ3v) is 5.70. The molecule has 1 fully saturated rings. The van der Waals surface area contributed by atoms with Crippen LogP contribution in [-0.4, -0.2) is 43.6 Å². The van der Waals surface area contributed by atoms with Crippen LogP contribution in [0.25, 0.3) is 5.69 Å². The number of hydrogen-bond acceptors (Lipinski definition) is 5. The summed E-state index contributed by atoms with van der Waals surface area (Å²) in [6, 6.07) is 19.0. The molecule has 8 heteroatoms. The van der Waals surface area contributed by atoms with Gasteiger partial charge in [0.15, 0.2) is 0 Å². The number of pyridine rings is 1. The fourth-order valence-corrected chi connectivity index (χ4v) is 4.09. The lowest BCUT2D eigenvalue weighted by Gasteiger charge is -2.32. The molecule has 33 heavy (non-hydrogen) atoms. The number of halogens is 1. The highest BCUT2D eigenvalue weighted by Crippen LogP contribution is 2.29. The van der Waals surface area contributed by atoms with Gasteiger partial charge in [0.2, 0.25) is 5.88 Å². The van der Waals surface area contributed by atoms with Gasteiger partial charge in [-0.25, -0.2) is 9.37 Å². The smallest absolute Gasteiger partial charge is 0.253 e. The zero-order valence-electron chi connectivity index (χ0n) is 17.8. The standard InChI is InChI=1S/C25H22FN5O2/c26-20-7-2-9-22(14-20)33-24-11-3-10-23(29-24)19-6-4-12-30(15-19)25(32)18-5-1-8-21(13-18)31-16-27-28-17-31/h1-3,5,7-11,13-14,16-17,19H,4,6,12,15H2. The minimum Gasteiger partial charge on any atom is -0.439 e. The molecule has 7 nitrogen and oxygen atoms in total. The lowest BCUT2D eigenvalue weighted by Crippen LogP contribution is -2.39. The van der Waals surface area contributed by atoms with Crippen LogP contribution in [0.2, 0.25) is 0 Å². The molecule has 0 N–H and O–H groups in total. The van der Waals surface area contributed by atoms with E-state index in [-0.39, 0.29) is 17.6 Å². The topological polar surface area (TPSA) is 73.1 Å². The minimum atomic E-state index is -0.363. The van der Waals surface area contributed by atoms with Gasteiger partial charge < -0.3 is 9.64 Å². The molecule has 1 amide bonds. The first kappa shape index (κ1) is 20.8. The maximum absolute atomic E-state index is 13.5. The summed E-state index contributed by atoms with van der Waals surface area (Å²) in [6.07, 6.45) is 5.02. The van der Waals surface area contributed by atoms with Crippen molar-refractivity contribution in [3.8, 4) is 17.3 Å². The van der Waals surface area contributed by atoms with Crippen molar-refractivity contribution in [3.05, 3.63) is 96.5 Å². The molecule has 5 rings (SSSR count). The van der Waals surface area contributed by atoms with Crippen LogP contribution in [0, 0.1) is 5.82 Å². The number of benzene rings is 2. The fourth-order valence-electron chi connectivity index (χ4n) is 4.09. The highest BCUT2D eigenvalue weighted by molar-refractivity contribution is 5.94. The molecule has 0 spiro atoms. The average molecular weight is 443 g/mol. The van der Waals surface area contributed by atoms with Crippen LogP contribution in [0.3, 0.4) is 0 Å². The largest absolute Gasteiger partial charge is 0.439 e. The Labute approximate surface area is 190 Å². The van der Waals surface area contributed by atoms with Crippen molar-refractivity contribution in [2.75, 3.05) is 13.1 Å². The molecule has 166 valence electrons. The van der Waals surface area contributed by atoms with Crippen LogP contribution in [0.15, 0.2) is 79.4 Å². The van der Waals surface area contributed by atoms with Gasteiger partial charge in [-0.05, 0) is 49.2 Å². The number of nitrogens with zero attached hydrogens (tertiary/aromatic N) is 5. The van der Waals surface area contributed by atoms with Crippen molar-refractivity contribution in [3.63, 3.8) is 0 Å². The van der Waals surface area contributed by atoms with Crippen molar-refractivity contribution in [2.24, 2.45) is 0 Å². The predicted molar refractivity (Wildman–Crippen MR) is 120 cm³/mol. The normalized spacial score (nSPS) is 15.9. The Morgan fingerprint density at radius 1 is 1.00 bits per heavy atom. The van der Waals surface area contributed by atoms with Crippen molar-refractivity contribution in [2.45, 2.75) is 18.8 Å². The van der Waals surface area contributed by atoms with Gasteiger partial charge in [0, 0.05) is 48.1 Å². The first-order chi connectivity index (χ1) is 16.2. The van der Waals surface area contributed by atoms with E-state index < -0.39 is 0 Å². The van der Waals surface area contributed by atoms with Crippen LogP contribution in [0.1, 0.15) is 34.8 Å². The van der Waals surface area contributed by atoms with E-state index in [0.717, 1.165) is 24.2 Å². The van der Waals surface area contributed by atoms with E-state index in [4.69, 9.17) is 4.74 Å². The molecule has 1 aliphatic rings. The number of aromatic nitrogens is 4. The van der Waals surface area contributed by atoms with E-state index in [9.17, 15) is 9.18 Å². The summed E-state index contributed by atoms with van der Waals surface area (Å²) in [7, 11) is 0. The Balaban J connectivity index is 1.31. The number of amides is 1. The molecule has 0 saturated carbocycles. The van der Waals surface area contributed by atoms with E-state index in [2.05, 4.69) is 15.2 Å². The monoisotopic (exact) mass is 443 g/mol. The third kappa shape index (κ3) is 4.74. The number of piperidine rings is 1. The molecule has 0 radical (unpaired) electrons. The molecule has 3 heterocycles. The summed E-state index contributed by atoms with van der Waals surface area (Å²) in [4.78, 5) is 19.8. The van der Waals surface area contributed by atoms with Crippen LogP contribution >= 0.6 is 0 Å². The Morgan fingerprint density at radius 2 is 1.82 bits per heavy atom. The Morgan fingerprint density at radius 3 is 2.67 bits per heavy atom. The zero-order valence-corrected chi connectivity index (χ0v) is 17.8. The summed E-state index contributed by atoms with van der Waals surface area (Å²) >= 11 is 0.